The standard InChI is InChI=1S/C24H28N2O5/c1-3-15(13-22(27)26-21(4-2)23(28)29)25-24(30)31-14-20-18-11-7-5-9-16(18)17-10-6-8-12-19(17)20/h5-12,15,20-21H,3-4,13-14H2,1-2H3,(H,25,30)(H,26,27)(H,28,29)/t15-,21+/m0/s1. The molecule has 2 aromatic carbocycles. The molecule has 7 heteroatoms. The molecule has 3 N–H and O–H groups in total. The summed E-state index contributed by atoms with van der Waals surface area (Å²) in [4.78, 5) is 35.6. The van der Waals surface area contributed by atoms with Gasteiger partial charge < -0.3 is 20.5 Å². The molecule has 164 valence electrons. The van der Waals surface area contributed by atoms with Gasteiger partial charge in [0.25, 0.3) is 0 Å². The van der Waals surface area contributed by atoms with Crippen molar-refractivity contribution in [1.82, 2.24) is 10.6 Å². The average Bonchev–Trinajstić information content (AvgIpc) is 3.09. The topological polar surface area (TPSA) is 105 Å². The Labute approximate surface area is 181 Å². The van der Waals surface area contributed by atoms with Crippen molar-refractivity contribution in [3.8, 4) is 11.1 Å². The lowest BCUT2D eigenvalue weighted by molar-refractivity contribution is -0.142. The van der Waals surface area contributed by atoms with E-state index in [4.69, 9.17) is 9.84 Å². The summed E-state index contributed by atoms with van der Waals surface area (Å²) >= 11 is 0. The van der Waals surface area contributed by atoms with Gasteiger partial charge in [0, 0.05) is 18.4 Å². The third-order valence-corrected chi connectivity index (χ3v) is 5.63. The van der Waals surface area contributed by atoms with Crippen LogP contribution in [0.4, 0.5) is 4.79 Å². The second-order valence-corrected chi connectivity index (χ2v) is 7.65. The van der Waals surface area contributed by atoms with Gasteiger partial charge in [0.2, 0.25) is 5.91 Å². The summed E-state index contributed by atoms with van der Waals surface area (Å²) < 4.78 is 5.52. The van der Waals surface area contributed by atoms with Crippen molar-refractivity contribution in [2.75, 3.05) is 6.61 Å². The van der Waals surface area contributed by atoms with E-state index in [2.05, 4.69) is 22.8 Å². The van der Waals surface area contributed by atoms with Crippen LogP contribution in [-0.4, -0.2) is 41.8 Å². The van der Waals surface area contributed by atoms with Gasteiger partial charge in [-0.25, -0.2) is 9.59 Å². The number of benzene rings is 2. The number of carbonyl (C=O) groups is 3. The first-order chi connectivity index (χ1) is 14.9. The Morgan fingerprint density at radius 2 is 1.52 bits per heavy atom. The van der Waals surface area contributed by atoms with E-state index >= 15 is 0 Å². The van der Waals surface area contributed by atoms with Crippen molar-refractivity contribution in [2.24, 2.45) is 0 Å². The predicted molar refractivity (Wildman–Crippen MR) is 117 cm³/mol. The van der Waals surface area contributed by atoms with Crippen LogP contribution >= 0.6 is 0 Å². The van der Waals surface area contributed by atoms with E-state index < -0.39 is 30.1 Å². The zero-order valence-corrected chi connectivity index (χ0v) is 17.8. The minimum Gasteiger partial charge on any atom is -0.480 e. The average molecular weight is 424 g/mol. The van der Waals surface area contributed by atoms with E-state index in [-0.39, 0.29) is 25.4 Å². The van der Waals surface area contributed by atoms with Gasteiger partial charge in [0.15, 0.2) is 0 Å². The highest BCUT2D eigenvalue weighted by Crippen LogP contribution is 2.44. The quantitative estimate of drug-likeness (QED) is 0.570. The van der Waals surface area contributed by atoms with E-state index in [1.54, 1.807) is 6.92 Å². The second kappa shape index (κ2) is 10.1. The number of carboxylic acids is 1. The maximum absolute atomic E-state index is 12.4. The number of carbonyl (C=O) groups excluding carboxylic acids is 2. The number of nitrogens with one attached hydrogen (secondary N) is 2. The number of alkyl carbamates (subject to hydrolysis) is 1. The summed E-state index contributed by atoms with van der Waals surface area (Å²) in [6.45, 7) is 3.72. The Morgan fingerprint density at radius 1 is 0.935 bits per heavy atom. The molecular weight excluding hydrogens is 396 g/mol. The molecule has 0 radical (unpaired) electrons. The van der Waals surface area contributed by atoms with Crippen LogP contribution in [-0.2, 0) is 14.3 Å². The fourth-order valence-electron chi connectivity index (χ4n) is 3.92. The molecule has 31 heavy (non-hydrogen) atoms. The van der Waals surface area contributed by atoms with Crippen molar-refractivity contribution in [3.05, 3.63) is 59.7 Å². The van der Waals surface area contributed by atoms with Crippen LogP contribution in [0.25, 0.3) is 11.1 Å². The number of ether oxygens (including phenoxy) is 1. The maximum atomic E-state index is 12.4. The van der Waals surface area contributed by atoms with Crippen LogP contribution < -0.4 is 10.6 Å². The Balaban J connectivity index is 1.57. The molecule has 1 aliphatic rings. The van der Waals surface area contributed by atoms with Gasteiger partial charge in [-0.3, -0.25) is 4.79 Å². The summed E-state index contributed by atoms with van der Waals surface area (Å²) in [6, 6.07) is 14.8. The Morgan fingerprint density at radius 3 is 2.03 bits per heavy atom. The highest BCUT2D eigenvalue weighted by molar-refractivity contribution is 5.84. The number of amides is 2. The van der Waals surface area contributed by atoms with Crippen LogP contribution in [0.1, 0.15) is 50.2 Å². The lowest BCUT2D eigenvalue weighted by atomic mass is 9.98. The summed E-state index contributed by atoms with van der Waals surface area (Å²) in [5.74, 6) is -1.53. The van der Waals surface area contributed by atoms with Gasteiger partial charge in [-0.2, -0.15) is 0 Å². The summed E-state index contributed by atoms with van der Waals surface area (Å²) in [5, 5.41) is 14.3. The Kier molecular flexibility index (Phi) is 7.28. The van der Waals surface area contributed by atoms with Gasteiger partial charge in [-0.15, -0.1) is 0 Å². The van der Waals surface area contributed by atoms with Gasteiger partial charge in [-0.1, -0.05) is 62.4 Å². The molecule has 0 unspecified atom stereocenters. The molecule has 0 bridgehead atoms. The first-order valence-electron chi connectivity index (χ1n) is 10.6. The molecule has 2 atom stereocenters. The smallest absolute Gasteiger partial charge is 0.407 e. The fourth-order valence-corrected chi connectivity index (χ4v) is 3.92. The van der Waals surface area contributed by atoms with Gasteiger partial charge in [-0.05, 0) is 35.1 Å². The lowest BCUT2D eigenvalue weighted by Crippen LogP contribution is -2.44. The molecule has 0 fully saturated rings. The van der Waals surface area contributed by atoms with E-state index in [0.29, 0.717) is 6.42 Å². The minimum atomic E-state index is -1.08. The molecule has 0 heterocycles. The number of hydrogen-bond acceptors (Lipinski definition) is 4. The SMILES string of the molecule is CC[C@@H](CC(=O)N[C@H](CC)C(=O)O)NC(=O)OCC1c2ccccc2-c2ccccc21. The summed E-state index contributed by atoms with van der Waals surface area (Å²) in [6.07, 6.45) is 0.204. The van der Waals surface area contributed by atoms with Crippen LogP contribution in [0.15, 0.2) is 48.5 Å². The monoisotopic (exact) mass is 424 g/mol. The highest BCUT2D eigenvalue weighted by atomic mass is 16.5. The number of hydrogen-bond donors (Lipinski definition) is 3. The van der Waals surface area contributed by atoms with Crippen LogP contribution in [0.3, 0.4) is 0 Å². The van der Waals surface area contributed by atoms with Crippen LogP contribution in [0.2, 0.25) is 0 Å². The summed E-state index contributed by atoms with van der Waals surface area (Å²) in [5.41, 5.74) is 4.56. The zero-order chi connectivity index (χ0) is 22.4. The van der Waals surface area contributed by atoms with E-state index in [1.165, 1.54) is 0 Å². The van der Waals surface area contributed by atoms with Gasteiger partial charge >= 0.3 is 12.1 Å². The highest BCUT2D eigenvalue weighted by Gasteiger charge is 2.29. The van der Waals surface area contributed by atoms with Crippen molar-refractivity contribution < 1.29 is 24.2 Å². The van der Waals surface area contributed by atoms with E-state index in [0.717, 1.165) is 22.3 Å². The molecule has 0 spiro atoms. The molecule has 1 aliphatic carbocycles. The predicted octanol–water partition coefficient (Wildman–Crippen LogP) is 3.67. The molecule has 0 aliphatic heterocycles. The first-order valence-corrected chi connectivity index (χ1v) is 10.6. The van der Waals surface area contributed by atoms with Crippen molar-refractivity contribution in [2.45, 2.75) is 51.1 Å². The van der Waals surface area contributed by atoms with Crippen LogP contribution in [0, 0.1) is 0 Å². The molecule has 2 aromatic rings. The third kappa shape index (κ3) is 5.23. The largest absolute Gasteiger partial charge is 0.480 e. The number of carboxylic acid groups (broad SMARTS) is 1. The number of rotatable bonds is 9. The maximum Gasteiger partial charge on any atom is 0.407 e. The minimum absolute atomic E-state index is 0.00945. The van der Waals surface area contributed by atoms with Crippen molar-refractivity contribution in [1.29, 1.82) is 0 Å². The van der Waals surface area contributed by atoms with Crippen molar-refractivity contribution >= 4 is 18.0 Å². The normalized spacial score (nSPS) is 14.1. The molecule has 7 nitrogen and oxygen atoms in total. The van der Waals surface area contributed by atoms with Crippen LogP contribution in [0.5, 0.6) is 0 Å². The van der Waals surface area contributed by atoms with Gasteiger partial charge in [0.1, 0.15) is 12.6 Å². The molecule has 0 aromatic heterocycles. The molecular formula is C24H28N2O5. The Hall–Kier alpha value is -3.35. The fraction of sp³-hybridized carbons (Fsp3) is 0.375. The molecule has 3 rings (SSSR count). The molecule has 0 saturated heterocycles. The lowest BCUT2D eigenvalue weighted by Gasteiger charge is -2.19. The second-order valence-electron chi connectivity index (χ2n) is 7.65. The Bertz CT molecular complexity index is 913. The van der Waals surface area contributed by atoms with E-state index in [9.17, 15) is 14.4 Å². The van der Waals surface area contributed by atoms with E-state index in [1.807, 2.05) is 43.3 Å². The zero-order valence-electron chi connectivity index (χ0n) is 17.8. The van der Waals surface area contributed by atoms with Crippen molar-refractivity contribution in [3.63, 3.8) is 0 Å². The third-order valence-electron chi connectivity index (χ3n) is 5.63. The summed E-state index contributed by atoms with van der Waals surface area (Å²) in [7, 11) is 0. The molecule has 0 saturated carbocycles. The number of fused-ring (bicyclic) bond motifs is 3. The first kappa shape index (κ1) is 22.3. The molecule has 2 amide bonds. The van der Waals surface area contributed by atoms with Gasteiger partial charge in [0.05, 0.1) is 0 Å². The number of aliphatic carboxylic acids is 1.